The van der Waals surface area contributed by atoms with E-state index >= 15 is 0 Å². The molecule has 0 amide bonds. The van der Waals surface area contributed by atoms with Gasteiger partial charge < -0.3 is 10.1 Å². The maximum Gasteiger partial charge on any atom is 0.174 e. The number of ether oxygens (including phenoxy) is 1. The van der Waals surface area contributed by atoms with Gasteiger partial charge in [0.25, 0.3) is 0 Å². The van der Waals surface area contributed by atoms with Crippen LogP contribution in [0, 0.1) is 11.3 Å². The van der Waals surface area contributed by atoms with Crippen LogP contribution in [0.25, 0.3) is 0 Å². The first kappa shape index (κ1) is 13.3. The molecule has 0 aliphatic rings. The van der Waals surface area contributed by atoms with Crippen molar-refractivity contribution in [3.8, 4) is 11.8 Å². The highest BCUT2D eigenvalue weighted by atomic mass is 16.5. The number of benzene rings is 1. The second-order valence-electron chi connectivity index (χ2n) is 4.01. The number of nitriles is 1. The third kappa shape index (κ3) is 5.74. The molecule has 0 aromatic heterocycles. The van der Waals surface area contributed by atoms with Crippen LogP contribution in [0.1, 0.15) is 19.4 Å². The molecule has 0 aliphatic heterocycles. The Morgan fingerprint density at radius 2 is 2.29 bits per heavy atom. The Morgan fingerprint density at radius 3 is 3.00 bits per heavy atom. The minimum atomic E-state index is 0.0919. The van der Waals surface area contributed by atoms with Gasteiger partial charge in [-0.15, -0.1) is 0 Å². The lowest BCUT2D eigenvalue weighted by Gasteiger charge is -2.06. The molecule has 0 heterocycles. The van der Waals surface area contributed by atoms with E-state index in [-0.39, 0.29) is 6.61 Å². The number of hydrogen-bond acceptors (Lipinski definition) is 3. The average molecular weight is 230 g/mol. The Kier molecular flexibility index (Phi) is 5.84. The first-order valence-electron chi connectivity index (χ1n) is 5.65. The zero-order chi connectivity index (χ0) is 12.5. The lowest BCUT2D eigenvalue weighted by atomic mass is 10.2. The van der Waals surface area contributed by atoms with Crippen molar-refractivity contribution in [1.82, 2.24) is 5.32 Å². The fourth-order valence-corrected chi connectivity index (χ4v) is 1.35. The predicted octanol–water partition coefficient (Wildman–Crippen LogP) is 2.64. The van der Waals surface area contributed by atoms with Crippen molar-refractivity contribution in [2.75, 3.05) is 13.2 Å². The summed E-state index contributed by atoms with van der Waals surface area (Å²) in [4.78, 5) is 0. The highest BCUT2D eigenvalue weighted by molar-refractivity contribution is 5.28. The molecule has 0 saturated carbocycles. The molecule has 0 atom stereocenters. The second kappa shape index (κ2) is 7.48. The Labute approximate surface area is 103 Å². The van der Waals surface area contributed by atoms with Crippen LogP contribution in [0.3, 0.4) is 0 Å². The van der Waals surface area contributed by atoms with E-state index in [1.54, 1.807) is 0 Å². The zero-order valence-electron chi connectivity index (χ0n) is 10.4. The van der Waals surface area contributed by atoms with Crippen molar-refractivity contribution in [1.29, 1.82) is 5.26 Å². The zero-order valence-corrected chi connectivity index (χ0v) is 10.4. The van der Waals surface area contributed by atoms with Crippen LogP contribution in [-0.2, 0) is 6.54 Å². The standard InChI is InChI=1S/C14H18N2O/c1-12(2)6-8-16-11-13-4-3-5-14(10-13)17-9-7-15/h3-6,10,16H,8-9,11H2,1-2H3. The quantitative estimate of drug-likeness (QED) is 0.603. The van der Waals surface area contributed by atoms with E-state index in [0.717, 1.165) is 24.4 Å². The van der Waals surface area contributed by atoms with E-state index in [1.807, 2.05) is 30.3 Å². The van der Waals surface area contributed by atoms with Gasteiger partial charge in [-0.05, 0) is 31.5 Å². The maximum atomic E-state index is 8.43. The average Bonchev–Trinajstić information content (AvgIpc) is 2.32. The molecule has 1 aromatic carbocycles. The lowest BCUT2D eigenvalue weighted by molar-refractivity contribution is 0.367. The summed E-state index contributed by atoms with van der Waals surface area (Å²) in [7, 11) is 0. The van der Waals surface area contributed by atoms with Crippen molar-refractivity contribution in [3.63, 3.8) is 0 Å². The van der Waals surface area contributed by atoms with Crippen LogP contribution in [0.5, 0.6) is 5.75 Å². The summed E-state index contributed by atoms with van der Waals surface area (Å²) in [6.45, 7) is 5.92. The van der Waals surface area contributed by atoms with E-state index in [0.29, 0.717) is 0 Å². The molecule has 1 rings (SSSR count). The van der Waals surface area contributed by atoms with Crippen LogP contribution in [0.15, 0.2) is 35.9 Å². The number of hydrogen-bond donors (Lipinski definition) is 1. The molecule has 0 radical (unpaired) electrons. The van der Waals surface area contributed by atoms with Crippen molar-refractivity contribution < 1.29 is 4.74 Å². The Morgan fingerprint density at radius 1 is 1.47 bits per heavy atom. The number of allylic oxidation sites excluding steroid dienone is 1. The molecular formula is C14H18N2O. The van der Waals surface area contributed by atoms with E-state index in [1.165, 1.54) is 5.57 Å². The van der Waals surface area contributed by atoms with Gasteiger partial charge in [0.05, 0.1) is 0 Å². The number of rotatable bonds is 6. The van der Waals surface area contributed by atoms with Gasteiger partial charge in [0, 0.05) is 13.1 Å². The molecule has 0 fully saturated rings. The summed E-state index contributed by atoms with van der Waals surface area (Å²) in [5, 5.41) is 11.7. The normalized spacial score (nSPS) is 9.47. The van der Waals surface area contributed by atoms with Crippen molar-refractivity contribution in [2.24, 2.45) is 0 Å². The number of nitrogens with one attached hydrogen (secondary N) is 1. The SMILES string of the molecule is CC(C)=CCNCc1cccc(OCC#N)c1. The first-order valence-corrected chi connectivity index (χ1v) is 5.65. The van der Waals surface area contributed by atoms with Crippen molar-refractivity contribution in [2.45, 2.75) is 20.4 Å². The minimum absolute atomic E-state index is 0.0919. The van der Waals surface area contributed by atoms with Gasteiger partial charge in [-0.25, -0.2) is 0 Å². The van der Waals surface area contributed by atoms with E-state index in [9.17, 15) is 0 Å². The lowest BCUT2D eigenvalue weighted by Crippen LogP contribution is -2.13. The van der Waals surface area contributed by atoms with Crippen LogP contribution in [0.4, 0.5) is 0 Å². The van der Waals surface area contributed by atoms with E-state index in [4.69, 9.17) is 10.00 Å². The summed E-state index contributed by atoms with van der Waals surface area (Å²) < 4.78 is 5.24. The Balaban J connectivity index is 2.43. The van der Waals surface area contributed by atoms with Crippen molar-refractivity contribution in [3.05, 3.63) is 41.5 Å². The van der Waals surface area contributed by atoms with Gasteiger partial charge in [-0.3, -0.25) is 0 Å². The minimum Gasteiger partial charge on any atom is -0.479 e. The topological polar surface area (TPSA) is 45.0 Å². The van der Waals surface area contributed by atoms with Crippen LogP contribution >= 0.6 is 0 Å². The van der Waals surface area contributed by atoms with E-state index in [2.05, 4.69) is 25.2 Å². The fourth-order valence-electron chi connectivity index (χ4n) is 1.35. The van der Waals surface area contributed by atoms with Crippen LogP contribution in [0.2, 0.25) is 0 Å². The van der Waals surface area contributed by atoms with Gasteiger partial charge in [0.1, 0.15) is 11.8 Å². The summed E-state index contributed by atoms with van der Waals surface area (Å²) >= 11 is 0. The molecule has 1 aromatic rings. The molecule has 0 aliphatic carbocycles. The molecule has 0 saturated heterocycles. The van der Waals surface area contributed by atoms with Gasteiger partial charge >= 0.3 is 0 Å². The van der Waals surface area contributed by atoms with E-state index < -0.39 is 0 Å². The van der Waals surface area contributed by atoms with Gasteiger partial charge in [-0.1, -0.05) is 23.8 Å². The molecule has 0 unspecified atom stereocenters. The smallest absolute Gasteiger partial charge is 0.174 e. The van der Waals surface area contributed by atoms with Crippen LogP contribution < -0.4 is 10.1 Å². The second-order valence-corrected chi connectivity index (χ2v) is 4.01. The molecule has 0 bridgehead atoms. The fraction of sp³-hybridized carbons (Fsp3) is 0.357. The molecular weight excluding hydrogens is 212 g/mol. The Bertz CT molecular complexity index is 414. The molecule has 3 nitrogen and oxygen atoms in total. The molecule has 1 N–H and O–H groups in total. The molecule has 3 heteroatoms. The highest BCUT2D eigenvalue weighted by Gasteiger charge is 1.96. The maximum absolute atomic E-state index is 8.43. The largest absolute Gasteiger partial charge is 0.479 e. The molecule has 0 spiro atoms. The summed E-state index contributed by atoms with van der Waals surface area (Å²) in [6, 6.07) is 9.74. The highest BCUT2D eigenvalue weighted by Crippen LogP contribution is 2.12. The van der Waals surface area contributed by atoms with Gasteiger partial charge in [0.2, 0.25) is 0 Å². The van der Waals surface area contributed by atoms with Gasteiger partial charge in [0.15, 0.2) is 6.61 Å². The third-order valence-corrected chi connectivity index (χ3v) is 2.19. The van der Waals surface area contributed by atoms with Crippen LogP contribution in [-0.4, -0.2) is 13.2 Å². The number of nitrogens with zero attached hydrogens (tertiary/aromatic N) is 1. The summed E-state index contributed by atoms with van der Waals surface area (Å²) in [5.74, 6) is 0.744. The first-order chi connectivity index (χ1) is 8.22. The summed E-state index contributed by atoms with van der Waals surface area (Å²) in [5.41, 5.74) is 2.46. The monoisotopic (exact) mass is 230 g/mol. The molecule has 17 heavy (non-hydrogen) atoms. The summed E-state index contributed by atoms with van der Waals surface area (Å²) in [6.07, 6.45) is 2.15. The Hall–Kier alpha value is -1.79. The van der Waals surface area contributed by atoms with Gasteiger partial charge in [-0.2, -0.15) is 5.26 Å². The predicted molar refractivity (Wildman–Crippen MR) is 68.7 cm³/mol. The third-order valence-electron chi connectivity index (χ3n) is 2.19. The van der Waals surface area contributed by atoms with Crippen molar-refractivity contribution >= 4 is 0 Å². The molecule has 90 valence electrons.